The maximum absolute atomic E-state index is 12.1. The van der Waals surface area contributed by atoms with Gasteiger partial charge in [0.25, 0.3) is 6.43 Å². The predicted octanol–water partition coefficient (Wildman–Crippen LogP) is 4.27. The Bertz CT molecular complexity index is 286. The molecule has 0 aromatic heterocycles. The van der Waals surface area contributed by atoms with Gasteiger partial charge in [0.2, 0.25) is 6.41 Å². The first-order valence-corrected chi connectivity index (χ1v) is 5.71. The Morgan fingerprint density at radius 3 is 1.76 bits per heavy atom. The summed E-state index contributed by atoms with van der Waals surface area (Å²) in [6, 6.07) is 5.58. The van der Waals surface area contributed by atoms with Crippen molar-refractivity contribution in [1.82, 2.24) is 0 Å². The lowest BCUT2D eigenvalue weighted by atomic mass is 10.2. The third-order valence-corrected chi connectivity index (χ3v) is 1.71. The van der Waals surface area contributed by atoms with Crippen molar-refractivity contribution in [3.05, 3.63) is 29.8 Å². The van der Waals surface area contributed by atoms with Gasteiger partial charge in [-0.3, -0.25) is 4.79 Å². The van der Waals surface area contributed by atoms with E-state index < -0.39 is 6.43 Å². The van der Waals surface area contributed by atoms with Gasteiger partial charge >= 0.3 is 0 Å². The van der Waals surface area contributed by atoms with E-state index in [1.807, 2.05) is 27.7 Å². The summed E-state index contributed by atoms with van der Waals surface area (Å²) < 4.78 is 24.2. The fourth-order valence-corrected chi connectivity index (χ4v) is 0.916. The number of hydrogen-bond acceptors (Lipinski definition) is 1. The van der Waals surface area contributed by atoms with E-state index >= 15 is 0 Å². The first-order chi connectivity index (χ1) is 8.15. The van der Waals surface area contributed by atoms with E-state index in [1.165, 1.54) is 29.2 Å². The average Bonchev–Trinajstić information content (AvgIpc) is 2.42. The summed E-state index contributed by atoms with van der Waals surface area (Å²) >= 11 is 0. The largest absolute Gasteiger partial charge is 0.318 e. The predicted molar refractivity (Wildman–Crippen MR) is 68.6 cm³/mol. The van der Waals surface area contributed by atoms with Gasteiger partial charge in [-0.1, -0.05) is 39.8 Å². The van der Waals surface area contributed by atoms with Crippen LogP contribution in [0.5, 0.6) is 0 Å². The molecule has 0 N–H and O–H groups in total. The molecule has 0 spiro atoms. The molecule has 1 aromatic carbocycles. The molecule has 4 heteroatoms. The standard InChI is InChI=1S/C9H9F2NO.2C2H6/c1-12(6-13)8-4-2-7(3-5-8)9(10)11;2*1-2/h2-6,9H,1H3;2*1-2H3. The van der Waals surface area contributed by atoms with Crippen LogP contribution in [0.1, 0.15) is 39.7 Å². The van der Waals surface area contributed by atoms with E-state index in [0.717, 1.165) is 0 Å². The van der Waals surface area contributed by atoms with Gasteiger partial charge in [-0.2, -0.15) is 0 Å². The molecular formula is C13H21F2NO. The molecule has 0 aliphatic rings. The second-order valence-electron chi connectivity index (χ2n) is 2.61. The Kier molecular flexibility index (Phi) is 11.7. The third kappa shape index (κ3) is 6.66. The SMILES string of the molecule is CC.CC.CN(C=O)c1ccc(C(F)F)cc1. The van der Waals surface area contributed by atoms with Crippen LogP contribution < -0.4 is 4.90 Å². The first kappa shape index (κ1) is 17.9. The molecule has 1 aromatic rings. The summed E-state index contributed by atoms with van der Waals surface area (Å²) in [5, 5.41) is 0. The van der Waals surface area contributed by atoms with Crippen molar-refractivity contribution in [1.29, 1.82) is 0 Å². The quantitative estimate of drug-likeness (QED) is 0.728. The minimum Gasteiger partial charge on any atom is -0.318 e. The lowest BCUT2D eigenvalue weighted by molar-refractivity contribution is -0.107. The van der Waals surface area contributed by atoms with E-state index in [9.17, 15) is 13.6 Å². The minimum absolute atomic E-state index is 0.0388. The van der Waals surface area contributed by atoms with Gasteiger partial charge in [-0.25, -0.2) is 8.78 Å². The van der Waals surface area contributed by atoms with E-state index in [1.54, 1.807) is 7.05 Å². The van der Waals surface area contributed by atoms with Crippen molar-refractivity contribution in [2.75, 3.05) is 11.9 Å². The molecule has 0 aliphatic heterocycles. The highest BCUT2D eigenvalue weighted by Crippen LogP contribution is 2.21. The van der Waals surface area contributed by atoms with Crippen LogP contribution in [-0.2, 0) is 4.79 Å². The Balaban J connectivity index is 0. The summed E-state index contributed by atoms with van der Waals surface area (Å²) in [6.07, 6.45) is -1.84. The van der Waals surface area contributed by atoms with Gasteiger partial charge in [-0.05, 0) is 12.1 Å². The Hall–Kier alpha value is -1.45. The van der Waals surface area contributed by atoms with Crippen molar-refractivity contribution in [2.45, 2.75) is 34.1 Å². The summed E-state index contributed by atoms with van der Waals surface area (Å²) in [4.78, 5) is 11.6. The minimum atomic E-state index is -2.46. The molecule has 0 bridgehead atoms. The summed E-state index contributed by atoms with van der Waals surface area (Å²) in [6.45, 7) is 8.00. The van der Waals surface area contributed by atoms with Gasteiger partial charge in [0, 0.05) is 18.3 Å². The number of anilines is 1. The van der Waals surface area contributed by atoms with Crippen LogP contribution in [0, 0.1) is 0 Å². The molecule has 0 saturated carbocycles. The zero-order valence-electron chi connectivity index (χ0n) is 11.1. The van der Waals surface area contributed by atoms with E-state index in [4.69, 9.17) is 0 Å². The lowest BCUT2D eigenvalue weighted by Crippen LogP contribution is -2.13. The molecule has 0 atom stereocenters. The summed E-state index contributed by atoms with van der Waals surface area (Å²) in [5.41, 5.74) is 0.558. The van der Waals surface area contributed by atoms with E-state index in [2.05, 4.69) is 0 Å². The zero-order valence-corrected chi connectivity index (χ0v) is 11.1. The monoisotopic (exact) mass is 245 g/mol. The molecule has 2 nitrogen and oxygen atoms in total. The number of amides is 1. The smallest absolute Gasteiger partial charge is 0.263 e. The van der Waals surface area contributed by atoms with Crippen molar-refractivity contribution in [2.24, 2.45) is 0 Å². The van der Waals surface area contributed by atoms with Crippen molar-refractivity contribution in [3.63, 3.8) is 0 Å². The van der Waals surface area contributed by atoms with Crippen LogP contribution in [0.15, 0.2) is 24.3 Å². The third-order valence-electron chi connectivity index (χ3n) is 1.71. The maximum Gasteiger partial charge on any atom is 0.263 e. The second kappa shape index (κ2) is 11.0. The molecule has 0 unspecified atom stereocenters. The van der Waals surface area contributed by atoms with Gasteiger partial charge in [0.15, 0.2) is 0 Å². The maximum atomic E-state index is 12.1. The molecule has 17 heavy (non-hydrogen) atoms. The molecule has 98 valence electrons. The van der Waals surface area contributed by atoms with Gasteiger partial charge in [0.05, 0.1) is 0 Å². The molecule has 0 radical (unpaired) electrons. The number of carbonyl (C=O) groups is 1. The zero-order chi connectivity index (χ0) is 13.8. The van der Waals surface area contributed by atoms with Crippen LogP contribution >= 0.6 is 0 Å². The molecule has 0 aliphatic carbocycles. The van der Waals surface area contributed by atoms with Crippen LogP contribution in [0.2, 0.25) is 0 Å². The normalized spacial score (nSPS) is 8.47. The van der Waals surface area contributed by atoms with Crippen LogP contribution in [0.3, 0.4) is 0 Å². The van der Waals surface area contributed by atoms with Crippen LogP contribution in [-0.4, -0.2) is 13.5 Å². The van der Waals surface area contributed by atoms with Crippen molar-refractivity contribution >= 4 is 12.1 Å². The van der Waals surface area contributed by atoms with E-state index in [0.29, 0.717) is 12.1 Å². The molecular weight excluding hydrogens is 224 g/mol. The molecule has 1 rings (SSSR count). The number of alkyl halides is 2. The first-order valence-electron chi connectivity index (χ1n) is 5.71. The topological polar surface area (TPSA) is 20.3 Å². The van der Waals surface area contributed by atoms with Crippen LogP contribution in [0.4, 0.5) is 14.5 Å². The summed E-state index contributed by atoms with van der Waals surface area (Å²) in [7, 11) is 1.56. The number of nitrogens with zero attached hydrogens (tertiary/aromatic N) is 1. The van der Waals surface area contributed by atoms with Gasteiger partial charge < -0.3 is 4.90 Å². The number of halogens is 2. The number of benzene rings is 1. The van der Waals surface area contributed by atoms with Gasteiger partial charge in [-0.15, -0.1) is 0 Å². The molecule has 0 heterocycles. The average molecular weight is 245 g/mol. The highest BCUT2D eigenvalue weighted by molar-refractivity contribution is 5.74. The fourth-order valence-electron chi connectivity index (χ4n) is 0.916. The highest BCUT2D eigenvalue weighted by Gasteiger charge is 2.06. The number of hydrogen-bond donors (Lipinski definition) is 0. The Morgan fingerprint density at radius 1 is 1.06 bits per heavy atom. The lowest BCUT2D eigenvalue weighted by Gasteiger charge is -2.10. The van der Waals surface area contributed by atoms with Gasteiger partial charge in [0.1, 0.15) is 0 Å². The second-order valence-corrected chi connectivity index (χ2v) is 2.61. The Morgan fingerprint density at radius 2 is 1.47 bits per heavy atom. The van der Waals surface area contributed by atoms with Crippen molar-refractivity contribution in [3.8, 4) is 0 Å². The highest BCUT2D eigenvalue weighted by atomic mass is 19.3. The van der Waals surface area contributed by atoms with Crippen molar-refractivity contribution < 1.29 is 13.6 Å². The molecule has 1 amide bonds. The Labute approximate surface area is 102 Å². The molecule has 0 saturated heterocycles. The molecule has 0 fully saturated rings. The van der Waals surface area contributed by atoms with E-state index in [-0.39, 0.29) is 5.56 Å². The van der Waals surface area contributed by atoms with Crippen LogP contribution in [0.25, 0.3) is 0 Å². The fraction of sp³-hybridized carbons (Fsp3) is 0.462. The number of rotatable bonds is 3. The summed E-state index contributed by atoms with van der Waals surface area (Å²) in [5.74, 6) is 0. The number of carbonyl (C=O) groups excluding carboxylic acids is 1.